The summed E-state index contributed by atoms with van der Waals surface area (Å²) in [6.07, 6.45) is 2.97. The van der Waals surface area contributed by atoms with Gasteiger partial charge in [0.25, 0.3) is 0 Å². The van der Waals surface area contributed by atoms with E-state index >= 15 is 0 Å². The van der Waals surface area contributed by atoms with Gasteiger partial charge in [0.15, 0.2) is 0 Å². The lowest BCUT2D eigenvalue weighted by Gasteiger charge is -2.13. The van der Waals surface area contributed by atoms with Crippen molar-refractivity contribution in [3.63, 3.8) is 0 Å². The second kappa shape index (κ2) is 10.3. The fourth-order valence-electron chi connectivity index (χ4n) is 1.63. The molecule has 0 aromatic rings. The molecule has 0 saturated carbocycles. The van der Waals surface area contributed by atoms with E-state index in [9.17, 15) is 14.4 Å². The zero-order valence-electron chi connectivity index (χ0n) is 11.3. The standard InChI is InChI=1S/C12H23N3O4/c1-2-9(5-6-13)3-4-10(16)14-7-11(17)15-8-12(18)19/h9H,2-8,13H2,1H3,(H,14,16)(H,15,17)(H,18,19). The average molecular weight is 273 g/mol. The predicted molar refractivity (Wildman–Crippen MR) is 70.3 cm³/mol. The van der Waals surface area contributed by atoms with Crippen molar-refractivity contribution in [2.45, 2.75) is 32.6 Å². The fourth-order valence-corrected chi connectivity index (χ4v) is 1.63. The molecular weight excluding hydrogens is 250 g/mol. The van der Waals surface area contributed by atoms with Gasteiger partial charge in [-0.15, -0.1) is 0 Å². The van der Waals surface area contributed by atoms with E-state index in [2.05, 4.69) is 17.6 Å². The predicted octanol–water partition coefficient (Wildman–Crippen LogP) is -0.541. The Bertz CT molecular complexity index is 307. The Morgan fingerprint density at radius 1 is 1.11 bits per heavy atom. The molecule has 110 valence electrons. The van der Waals surface area contributed by atoms with Crippen LogP contribution in [0.3, 0.4) is 0 Å². The molecule has 0 rings (SSSR count). The van der Waals surface area contributed by atoms with Gasteiger partial charge in [-0.2, -0.15) is 0 Å². The number of carboxylic acid groups (broad SMARTS) is 1. The Balaban J connectivity index is 3.74. The van der Waals surface area contributed by atoms with E-state index in [-0.39, 0.29) is 12.5 Å². The van der Waals surface area contributed by atoms with Gasteiger partial charge in [-0.25, -0.2) is 0 Å². The third-order valence-corrected chi connectivity index (χ3v) is 2.81. The first-order chi connectivity index (χ1) is 8.99. The van der Waals surface area contributed by atoms with E-state index in [1.165, 1.54) is 0 Å². The molecule has 0 heterocycles. The van der Waals surface area contributed by atoms with Crippen molar-refractivity contribution in [1.29, 1.82) is 0 Å². The van der Waals surface area contributed by atoms with E-state index < -0.39 is 18.4 Å². The summed E-state index contributed by atoms with van der Waals surface area (Å²) in [5, 5.41) is 13.0. The maximum atomic E-state index is 11.5. The van der Waals surface area contributed by atoms with Crippen molar-refractivity contribution >= 4 is 17.8 Å². The molecule has 0 aromatic heterocycles. The highest BCUT2D eigenvalue weighted by Crippen LogP contribution is 2.13. The number of carbonyl (C=O) groups excluding carboxylic acids is 2. The number of nitrogens with two attached hydrogens (primary N) is 1. The maximum absolute atomic E-state index is 11.5. The Morgan fingerprint density at radius 2 is 1.74 bits per heavy atom. The molecule has 1 unspecified atom stereocenters. The zero-order chi connectivity index (χ0) is 14.7. The highest BCUT2D eigenvalue weighted by molar-refractivity contribution is 5.86. The first-order valence-electron chi connectivity index (χ1n) is 6.44. The average Bonchev–Trinajstić information content (AvgIpc) is 2.38. The van der Waals surface area contributed by atoms with Crippen LogP contribution in [0.25, 0.3) is 0 Å². The van der Waals surface area contributed by atoms with Crippen LogP contribution in [-0.2, 0) is 14.4 Å². The molecule has 7 nitrogen and oxygen atoms in total. The van der Waals surface area contributed by atoms with Crippen molar-refractivity contribution in [2.24, 2.45) is 11.7 Å². The number of amides is 2. The van der Waals surface area contributed by atoms with Gasteiger partial charge in [0.1, 0.15) is 6.54 Å². The van der Waals surface area contributed by atoms with E-state index in [0.717, 1.165) is 19.3 Å². The molecule has 0 aliphatic heterocycles. The van der Waals surface area contributed by atoms with Gasteiger partial charge in [-0.3, -0.25) is 14.4 Å². The first-order valence-corrected chi connectivity index (χ1v) is 6.44. The van der Waals surface area contributed by atoms with Crippen molar-refractivity contribution in [3.05, 3.63) is 0 Å². The van der Waals surface area contributed by atoms with E-state index in [1.807, 2.05) is 0 Å². The molecule has 0 fully saturated rings. The van der Waals surface area contributed by atoms with Gasteiger partial charge in [-0.1, -0.05) is 13.3 Å². The topological polar surface area (TPSA) is 122 Å². The molecule has 19 heavy (non-hydrogen) atoms. The van der Waals surface area contributed by atoms with Crippen molar-refractivity contribution in [3.8, 4) is 0 Å². The Kier molecular flexibility index (Phi) is 9.42. The molecule has 0 bridgehead atoms. The summed E-state index contributed by atoms with van der Waals surface area (Å²) in [6, 6.07) is 0. The molecule has 7 heteroatoms. The number of hydrogen-bond donors (Lipinski definition) is 4. The van der Waals surface area contributed by atoms with Gasteiger partial charge in [0.05, 0.1) is 6.54 Å². The molecule has 0 spiro atoms. The summed E-state index contributed by atoms with van der Waals surface area (Å²) >= 11 is 0. The third-order valence-electron chi connectivity index (χ3n) is 2.81. The van der Waals surface area contributed by atoms with Crippen LogP contribution in [0.5, 0.6) is 0 Å². The van der Waals surface area contributed by atoms with Crippen molar-refractivity contribution < 1.29 is 19.5 Å². The summed E-state index contributed by atoms with van der Waals surface area (Å²) < 4.78 is 0. The molecule has 0 aliphatic carbocycles. The molecular formula is C12H23N3O4. The lowest BCUT2D eigenvalue weighted by molar-refractivity contribution is -0.137. The van der Waals surface area contributed by atoms with Gasteiger partial charge in [0.2, 0.25) is 11.8 Å². The molecule has 1 atom stereocenters. The fraction of sp³-hybridized carbons (Fsp3) is 0.750. The monoisotopic (exact) mass is 273 g/mol. The van der Waals surface area contributed by atoms with Gasteiger partial charge in [0, 0.05) is 6.42 Å². The van der Waals surface area contributed by atoms with E-state index in [4.69, 9.17) is 10.8 Å². The van der Waals surface area contributed by atoms with Crippen LogP contribution in [0.4, 0.5) is 0 Å². The quantitative estimate of drug-likeness (QED) is 0.426. The number of carboxylic acids is 1. The van der Waals surface area contributed by atoms with Crippen LogP contribution in [0.1, 0.15) is 32.6 Å². The zero-order valence-corrected chi connectivity index (χ0v) is 11.3. The Morgan fingerprint density at radius 3 is 2.26 bits per heavy atom. The summed E-state index contributed by atoms with van der Waals surface area (Å²) in [6.45, 7) is 2.03. The second-order valence-electron chi connectivity index (χ2n) is 4.34. The van der Waals surface area contributed by atoms with Crippen LogP contribution in [0.15, 0.2) is 0 Å². The van der Waals surface area contributed by atoms with Crippen LogP contribution in [-0.4, -0.2) is 42.5 Å². The SMILES string of the molecule is CCC(CCN)CCC(=O)NCC(=O)NCC(=O)O. The van der Waals surface area contributed by atoms with Crippen LogP contribution in [0.2, 0.25) is 0 Å². The number of aliphatic carboxylic acids is 1. The lowest BCUT2D eigenvalue weighted by atomic mass is 9.96. The Labute approximate surface area is 112 Å². The summed E-state index contributed by atoms with van der Waals surface area (Å²) in [5.41, 5.74) is 5.47. The number of carbonyl (C=O) groups is 3. The van der Waals surface area contributed by atoms with Crippen molar-refractivity contribution in [2.75, 3.05) is 19.6 Å². The summed E-state index contributed by atoms with van der Waals surface area (Å²) in [5.74, 6) is -1.41. The summed E-state index contributed by atoms with van der Waals surface area (Å²) in [7, 11) is 0. The van der Waals surface area contributed by atoms with Gasteiger partial charge < -0.3 is 21.5 Å². The normalized spacial score (nSPS) is 11.7. The number of rotatable bonds is 10. The minimum Gasteiger partial charge on any atom is -0.480 e. The molecule has 0 aromatic carbocycles. The molecule has 2 amide bonds. The highest BCUT2D eigenvalue weighted by Gasteiger charge is 2.10. The van der Waals surface area contributed by atoms with Gasteiger partial charge >= 0.3 is 5.97 Å². The van der Waals surface area contributed by atoms with E-state index in [0.29, 0.717) is 18.9 Å². The highest BCUT2D eigenvalue weighted by atomic mass is 16.4. The first kappa shape index (κ1) is 17.4. The van der Waals surface area contributed by atoms with Crippen LogP contribution < -0.4 is 16.4 Å². The molecule has 0 radical (unpaired) electrons. The molecule has 0 saturated heterocycles. The lowest BCUT2D eigenvalue weighted by Crippen LogP contribution is -2.39. The summed E-state index contributed by atoms with van der Waals surface area (Å²) in [4.78, 5) is 32.8. The van der Waals surface area contributed by atoms with E-state index in [1.54, 1.807) is 0 Å². The second-order valence-corrected chi connectivity index (χ2v) is 4.34. The largest absolute Gasteiger partial charge is 0.480 e. The van der Waals surface area contributed by atoms with Crippen LogP contribution in [0, 0.1) is 5.92 Å². The third kappa shape index (κ3) is 10.0. The Hall–Kier alpha value is -1.63. The van der Waals surface area contributed by atoms with Gasteiger partial charge in [-0.05, 0) is 25.3 Å². The smallest absolute Gasteiger partial charge is 0.322 e. The molecule has 0 aliphatic rings. The van der Waals surface area contributed by atoms with Crippen LogP contribution >= 0.6 is 0 Å². The van der Waals surface area contributed by atoms with Crippen molar-refractivity contribution in [1.82, 2.24) is 10.6 Å². The minimum atomic E-state index is -1.12. The number of nitrogens with one attached hydrogen (secondary N) is 2. The minimum absolute atomic E-state index is 0.195. The number of hydrogen-bond acceptors (Lipinski definition) is 4. The molecule has 5 N–H and O–H groups in total. The maximum Gasteiger partial charge on any atom is 0.322 e.